The van der Waals surface area contributed by atoms with Crippen LogP contribution in [0.4, 0.5) is 0 Å². The molecule has 0 aromatic carbocycles. The van der Waals surface area contributed by atoms with Crippen molar-refractivity contribution in [3.05, 3.63) is 0 Å². The Kier molecular flexibility index (Phi) is 5.66. The van der Waals surface area contributed by atoms with E-state index in [9.17, 15) is 4.79 Å². The summed E-state index contributed by atoms with van der Waals surface area (Å²) < 4.78 is 0. The molecular formula is C8H18N2O2. The van der Waals surface area contributed by atoms with Crippen LogP contribution in [0.15, 0.2) is 0 Å². The number of nitrogens with zero attached hydrogens (tertiary/aromatic N) is 1. The Morgan fingerprint density at radius 1 is 1.58 bits per heavy atom. The van der Waals surface area contributed by atoms with Crippen LogP contribution < -0.4 is 5.32 Å². The highest BCUT2D eigenvalue weighted by molar-refractivity contribution is 5.78. The Hall–Kier alpha value is -0.610. The van der Waals surface area contributed by atoms with Crippen molar-refractivity contribution in [2.75, 3.05) is 27.2 Å². The van der Waals surface area contributed by atoms with Crippen LogP contribution in [0.25, 0.3) is 0 Å². The predicted molar refractivity (Wildman–Crippen MR) is 47.9 cm³/mol. The molecule has 0 aliphatic heterocycles. The summed E-state index contributed by atoms with van der Waals surface area (Å²) in [6, 6.07) is -0.0996. The van der Waals surface area contributed by atoms with Gasteiger partial charge in [0.05, 0.1) is 19.2 Å². The quantitative estimate of drug-likeness (QED) is 0.587. The Morgan fingerprint density at radius 3 is 2.50 bits per heavy atom. The molecule has 0 rings (SSSR count). The zero-order valence-electron chi connectivity index (χ0n) is 8.00. The molecule has 0 unspecified atom stereocenters. The van der Waals surface area contributed by atoms with Crippen molar-refractivity contribution in [2.45, 2.75) is 19.4 Å². The van der Waals surface area contributed by atoms with Gasteiger partial charge in [0.15, 0.2) is 0 Å². The molecule has 12 heavy (non-hydrogen) atoms. The fourth-order valence-electron chi connectivity index (χ4n) is 0.837. The lowest BCUT2D eigenvalue weighted by molar-refractivity contribution is -0.122. The van der Waals surface area contributed by atoms with Gasteiger partial charge >= 0.3 is 0 Å². The summed E-state index contributed by atoms with van der Waals surface area (Å²) in [7, 11) is 3.67. The van der Waals surface area contributed by atoms with E-state index in [0.29, 0.717) is 6.54 Å². The molecule has 0 aliphatic rings. The SMILES string of the molecule is CC[C@H](CO)NC(=O)CN(C)C. The Balaban J connectivity index is 3.66. The van der Waals surface area contributed by atoms with Crippen LogP contribution in [-0.2, 0) is 4.79 Å². The minimum atomic E-state index is -0.0996. The Morgan fingerprint density at radius 2 is 2.17 bits per heavy atom. The molecule has 0 aliphatic carbocycles. The van der Waals surface area contributed by atoms with E-state index in [1.54, 1.807) is 4.90 Å². The molecular weight excluding hydrogens is 156 g/mol. The zero-order chi connectivity index (χ0) is 9.56. The molecule has 0 saturated carbocycles. The zero-order valence-corrected chi connectivity index (χ0v) is 8.00. The summed E-state index contributed by atoms with van der Waals surface area (Å²) in [5, 5.41) is 11.5. The van der Waals surface area contributed by atoms with Crippen molar-refractivity contribution in [1.29, 1.82) is 0 Å². The van der Waals surface area contributed by atoms with E-state index in [-0.39, 0.29) is 18.6 Å². The lowest BCUT2D eigenvalue weighted by atomic mass is 10.2. The normalized spacial score (nSPS) is 13.1. The molecule has 0 aromatic heterocycles. The van der Waals surface area contributed by atoms with E-state index in [2.05, 4.69) is 5.32 Å². The third-order valence-electron chi connectivity index (χ3n) is 1.54. The number of rotatable bonds is 5. The highest BCUT2D eigenvalue weighted by Crippen LogP contribution is 1.88. The number of aliphatic hydroxyl groups is 1. The molecule has 0 bridgehead atoms. The van der Waals surface area contributed by atoms with Crippen LogP contribution >= 0.6 is 0 Å². The lowest BCUT2D eigenvalue weighted by Crippen LogP contribution is -2.41. The average molecular weight is 174 g/mol. The molecule has 2 N–H and O–H groups in total. The number of nitrogens with one attached hydrogen (secondary N) is 1. The summed E-state index contributed by atoms with van der Waals surface area (Å²) >= 11 is 0. The molecule has 1 amide bonds. The van der Waals surface area contributed by atoms with Gasteiger partial charge in [-0.3, -0.25) is 4.79 Å². The summed E-state index contributed by atoms with van der Waals surface area (Å²) in [5.41, 5.74) is 0. The third kappa shape index (κ3) is 5.09. The van der Waals surface area contributed by atoms with Gasteiger partial charge in [-0.25, -0.2) is 0 Å². The highest BCUT2D eigenvalue weighted by Gasteiger charge is 2.08. The van der Waals surface area contributed by atoms with Gasteiger partial charge in [-0.1, -0.05) is 6.92 Å². The molecule has 4 nitrogen and oxygen atoms in total. The minimum Gasteiger partial charge on any atom is -0.394 e. The standard InChI is InChI=1S/C8H18N2O2/c1-4-7(6-11)9-8(12)5-10(2)3/h7,11H,4-6H2,1-3H3,(H,9,12)/t7-/m1/s1. The number of amides is 1. The van der Waals surface area contributed by atoms with Crippen LogP contribution in [0.3, 0.4) is 0 Å². The van der Waals surface area contributed by atoms with E-state index in [1.165, 1.54) is 0 Å². The molecule has 72 valence electrons. The fraction of sp³-hybridized carbons (Fsp3) is 0.875. The van der Waals surface area contributed by atoms with E-state index < -0.39 is 0 Å². The molecule has 0 saturated heterocycles. The minimum absolute atomic E-state index is 0.00959. The number of likely N-dealkylation sites (N-methyl/N-ethyl adjacent to an activating group) is 1. The second kappa shape index (κ2) is 5.97. The van der Waals surface area contributed by atoms with Crippen LogP contribution in [-0.4, -0.2) is 49.2 Å². The number of carbonyl (C=O) groups is 1. The summed E-state index contributed by atoms with van der Waals surface area (Å²) in [6.07, 6.45) is 0.760. The molecule has 0 radical (unpaired) electrons. The van der Waals surface area contributed by atoms with Crippen LogP contribution in [0.2, 0.25) is 0 Å². The van der Waals surface area contributed by atoms with Gasteiger partial charge in [-0.05, 0) is 20.5 Å². The fourth-order valence-corrected chi connectivity index (χ4v) is 0.837. The molecule has 0 fully saturated rings. The van der Waals surface area contributed by atoms with Crippen LogP contribution in [0, 0.1) is 0 Å². The van der Waals surface area contributed by atoms with Crippen molar-refractivity contribution < 1.29 is 9.90 Å². The van der Waals surface area contributed by atoms with Crippen LogP contribution in [0.1, 0.15) is 13.3 Å². The first kappa shape index (κ1) is 11.4. The average Bonchev–Trinajstić information content (AvgIpc) is 1.98. The molecule has 1 atom stereocenters. The smallest absolute Gasteiger partial charge is 0.234 e. The predicted octanol–water partition coefficient (Wildman–Crippen LogP) is -0.565. The topological polar surface area (TPSA) is 52.6 Å². The Labute approximate surface area is 73.6 Å². The van der Waals surface area contributed by atoms with Crippen molar-refractivity contribution >= 4 is 5.91 Å². The number of aliphatic hydroxyl groups excluding tert-OH is 1. The maximum atomic E-state index is 11.1. The second-order valence-electron chi connectivity index (χ2n) is 3.09. The molecule has 4 heteroatoms. The molecule has 0 spiro atoms. The Bertz CT molecular complexity index is 133. The van der Waals surface area contributed by atoms with E-state index in [0.717, 1.165) is 6.42 Å². The van der Waals surface area contributed by atoms with Gasteiger partial charge in [0.2, 0.25) is 5.91 Å². The first-order chi connectivity index (χ1) is 5.60. The first-order valence-electron chi connectivity index (χ1n) is 4.15. The van der Waals surface area contributed by atoms with Gasteiger partial charge in [0.25, 0.3) is 0 Å². The summed E-state index contributed by atoms with van der Waals surface area (Å²) in [4.78, 5) is 12.9. The number of hydrogen-bond acceptors (Lipinski definition) is 3. The highest BCUT2D eigenvalue weighted by atomic mass is 16.3. The van der Waals surface area contributed by atoms with Crippen molar-refractivity contribution in [3.8, 4) is 0 Å². The maximum absolute atomic E-state index is 11.1. The van der Waals surface area contributed by atoms with Gasteiger partial charge < -0.3 is 15.3 Å². The van der Waals surface area contributed by atoms with Gasteiger partial charge in [-0.2, -0.15) is 0 Å². The van der Waals surface area contributed by atoms with Crippen LogP contribution in [0.5, 0.6) is 0 Å². The maximum Gasteiger partial charge on any atom is 0.234 e. The lowest BCUT2D eigenvalue weighted by Gasteiger charge is -2.15. The van der Waals surface area contributed by atoms with Gasteiger partial charge in [0.1, 0.15) is 0 Å². The van der Waals surface area contributed by atoms with Crippen molar-refractivity contribution in [1.82, 2.24) is 10.2 Å². The van der Waals surface area contributed by atoms with Gasteiger partial charge in [0, 0.05) is 0 Å². The van der Waals surface area contributed by atoms with E-state index in [4.69, 9.17) is 5.11 Å². The number of carbonyl (C=O) groups excluding carboxylic acids is 1. The molecule has 0 aromatic rings. The van der Waals surface area contributed by atoms with Crippen molar-refractivity contribution in [3.63, 3.8) is 0 Å². The van der Waals surface area contributed by atoms with E-state index >= 15 is 0 Å². The molecule has 0 heterocycles. The first-order valence-corrected chi connectivity index (χ1v) is 4.15. The van der Waals surface area contributed by atoms with E-state index in [1.807, 2.05) is 21.0 Å². The summed E-state index contributed by atoms with van der Waals surface area (Å²) in [5.74, 6) is -0.0408. The largest absolute Gasteiger partial charge is 0.394 e. The second-order valence-corrected chi connectivity index (χ2v) is 3.09. The van der Waals surface area contributed by atoms with Crippen molar-refractivity contribution in [2.24, 2.45) is 0 Å². The van der Waals surface area contributed by atoms with Gasteiger partial charge in [-0.15, -0.1) is 0 Å². The summed E-state index contributed by atoms with van der Waals surface area (Å²) in [6.45, 7) is 2.31. The monoisotopic (exact) mass is 174 g/mol. The third-order valence-corrected chi connectivity index (χ3v) is 1.54. The number of hydrogen-bond donors (Lipinski definition) is 2.